The Labute approximate surface area is 172 Å². The van der Waals surface area contributed by atoms with Crippen LogP contribution in [-0.4, -0.2) is 38.9 Å². The molecule has 0 aliphatic heterocycles. The Bertz CT molecular complexity index is 974. The van der Waals surface area contributed by atoms with Crippen molar-refractivity contribution in [2.24, 2.45) is 0 Å². The van der Waals surface area contributed by atoms with Gasteiger partial charge < -0.3 is 9.84 Å². The fourth-order valence-corrected chi connectivity index (χ4v) is 2.53. The van der Waals surface area contributed by atoms with Crippen LogP contribution in [-0.2, 0) is 32.6 Å². The van der Waals surface area contributed by atoms with Crippen molar-refractivity contribution in [3.63, 3.8) is 0 Å². The number of nitro benzene ring substituents is 2. The molecule has 0 spiro atoms. The standard InChI is InChI=1S/C17H14N2O12/c20-16(21)11-4-2-6-14(19(25)26)15(11)17(22)28-9-31-30-8-12-10(7-29-27)3-1-5-13(12)18(23)24/h1-6,27H,7-9H2,(H,20,21). The van der Waals surface area contributed by atoms with Crippen LogP contribution in [0.3, 0.4) is 0 Å². The zero-order valence-corrected chi connectivity index (χ0v) is 15.5. The van der Waals surface area contributed by atoms with Gasteiger partial charge in [0.2, 0.25) is 6.79 Å². The van der Waals surface area contributed by atoms with Gasteiger partial charge in [-0.05, 0) is 11.6 Å². The van der Waals surface area contributed by atoms with E-state index >= 15 is 0 Å². The summed E-state index contributed by atoms with van der Waals surface area (Å²) in [4.78, 5) is 57.3. The number of carbonyl (C=O) groups excluding carboxylic acids is 1. The maximum Gasteiger partial charge on any atom is 0.348 e. The van der Waals surface area contributed by atoms with Gasteiger partial charge in [-0.1, -0.05) is 18.2 Å². The molecule has 2 aromatic carbocycles. The smallest absolute Gasteiger partial charge is 0.348 e. The van der Waals surface area contributed by atoms with Crippen molar-refractivity contribution in [3.8, 4) is 0 Å². The fourth-order valence-electron chi connectivity index (χ4n) is 2.53. The lowest BCUT2D eigenvalue weighted by Gasteiger charge is -2.10. The molecule has 0 aromatic heterocycles. The number of carboxylic acids is 1. The molecule has 0 atom stereocenters. The van der Waals surface area contributed by atoms with Crippen LogP contribution < -0.4 is 0 Å². The summed E-state index contributed by atoms with van der Waals surface area (Å²) in [7, 11) is 0. The second-order valence-corrected chi connectivity index (χ2v) is 5.64. The number of nitrogens with zero attached hydrogens (tertiary/aromatic N) is 2. The summed E-state index contributed by atoms with van der Waals surface area (Å²) in [5.74, 6) is -2.93. The molecule has 0 radical (unpaired) electrons. The molecule has 0 saturated heterocycles. The van der Waals surface area contributed by atoms with E-state index in [0.717, 1.165) is 18.2 Å². The van der Waals surface area contributed by atoms with Gasteiger partial charge in [-0.15, -0.1) is 0 Å². The molecule has 14 heteroatoms. The second-order valence-electron chi connectivity index (χ2n) is 5.64. The maximum absolute atomic E-state index is 12.2. The number of carboxylic acid groups (broad SMARTS) is 1. The zero-order chi connectivity index (χ0) is 23.0. The van der Waals surface area contributed by atoms with Gasteiger partial charge in [0.25, 0.3) is 11.4 Å². The van der Waals surface area contributed by atoms with Crippen molar-refractivity contribution in [2.75, 3.05) is 6.79 Å². The first-order valence-corrected chi connectivity index (χ1v) is 8.21. The maximum atomic E-state index is 12.2. The zero-order valence-electron chi connectivity index (χ0n) is 15.5. The van der Waals surface area contributed by atoms with Gasteiger partial charge in [-0.2, -0.15) is 4.89 Å². The molecule has 0 bridgehead atoms. The summed E-state index contributed by atoms with van der Waals surface area (Å²) in [6.07, 6.45) is 0. The third-order valence-corrected chi connectivity index (χ3v) is 3.86. The SMILES string of the molecule is O=C(O)c1cccc([N+](=O)[O-])c1C(=O)OCOOCc1c(COO)cccc1[N+](=O)[O-]. The molecule has 0 amide bonds. The van der Waals surface area contributed by atoms with Gasteiger partial charge in [0.15, 0.2) is 5.56 Å². The first-order chi connectivity index (χ1) is 14.8. The Hall–Kier alpha value is -3.98. The molecular formula is C17H14N2O12. The number of esters is 1. The van der Waals surface area contributed by atoms with E-state index in [-0.39, 0.29) is 23.4 Å². The third kappa shape index (κ3) is 5.77. The molecule has 14 nitrogen and oxygen atoms in total. The van der Waals surface area contributed by atoms with Crippen LogP contribution in [0.5, 0.6) is 0 Å². The summed E-state index contributed by atoms with van der Waals surface area (Å²) in [6.45, 7) is -1.78. The minimum atomic E-state index is -1.58. The molecule has 0 fully saturated rings. The number of ether oxygens (including phenoxy) is 1. The van der Waals surface area contributed by atoms with E-state index < -0.39 is 52.0 Å². The summed E-state index contributed by atoms with van der Waals surface area (Å²) >= 11 is 0. The Balaban J connectivity index is 2.04. The highest BCUT2D eigenvalue weighted by Crippen LogP contribution is 2.25. The lowest BCUT2D eigenvalue weighted by molar-refractivity contribution is -0.388. The van der Waals surface area contributed by atoms with E-state index in [1.54, 1.807) is 0 Å². The minimum absolute atomic E-state index is 0.0136. The van der Waals surface area contributed by atoms with E-state index in [9.17, 15) is 29.8 Å². The van der Waals surface area contributed by atoms with Gasteiger partial charge in [-0.3, -0.25) is 25.5 Å². The largest absolute Gasteiger partial charge is 0.478 e. The van der Waals surface area contributed by atoms with Crippen molar-refractivity contribution in [1.82, 2.24) is 0 Å². The van der Waals surface area contributed by atoms with E-state index in [1.165, 1.54) is 18.2 Å². The monoisotopic (exact) mass is 438 g/mol. The Morgan fingerprint density at radius 1 is 0.935 bits per heavy atom. The molecule has 2 aromatic rings. The summed E-state index contributed by atoms with van der Waals surface area (Å²) in [5, 5.41) is 39.9. The minimum Gasteiger partial charge on any atom is -0.478 e. The molecule has 2 rings (SSSR count). The molecule has 2 N–H and O–H groups in total. The molecule has 0 aliphatic rings. The molecular weight excluding hydrogens is 424 g/mol. The number of hydrogen-bond acceptors (Lipinski definition) is 11. The summed E-state index contributed by atoms with van der Waals surface area (Å²) in [6, 6.07) is 7.00. The number of benzene rings is 2. The van der Waals surface area contributed by atoms with Gasteiger partial charge in [0, 0.05) is 12.1 Å². The van der Waals surface area contributed by atoms with Gasteiger partial charge in [0.1, 0.15) is 13.2 Å². The Morgan fingerprint density at radius 3 is 2.19 bits per heavy atom. The highest BCUT2D eigenvalue weighted by atomic mass is 17.2. The van der Waals surface area contributed by atoms with Crippen molar-refractivity contribution < 1.29 is 49.2 Å². The molecule has 0 aliphatic carbocycles. The van der Waals surface area contributed by atoms with Crippen LogP contribution in [0.4, 0.5) is 11.4 Å². The highest BCUT2D eigenvalue weighted by molar-refractivity contribution is 6.05. The first kappa shape index (κ1) is 23.3. The van der Waals surface area contributed by atoms with E-state index in [1.807, 2.05) is 0 Å². The van der Waals surface area contributed by atoms with Crippen LogP contribution in [0, 0.1) is 20.2 Å². The normalized spacial score (nSPS) is 10.5. The number of carbonyl (C=O) groups is 2. The van der Waals surface area contributed by atoms with Crippen LogP contribution >= 0.6 is 0 Å². The van der Waals surface area contributed by atoms with Crippen molar-refractivity contribution in [2.45, 2.75) is 13.2 Å². The quantitative estimate of drug-likeness (QED) is 0.130. The van der Waals surface area contributed by atoms with Gasteiger partial charge >= 0.3 is 11.9 Å². The van der Waals surface area contributed by atoms with Crippen molar-refractivity contribution in [1.29, 1.82) is 0 Å². The van der Waals surface area contributed by atoms with Crippen LogP contribution in [0.2, 0.25) is 0 Å². The van der Waals surface area contributed by atoms with Crippen LogP contribution in [0.1, 0.15) is 31.8 Å². The topological polar surface area (TPSA) is 198 Å². The lowest BCUT2D eigenvalue weighted by atomic mass is 10.1. The van der Waals surface area contributed by atoms with E-state index in [4.69, 9.17) is 15.3 Å². The Kier molecular flexibility index (Phi) is 8.04. The lowest BCUT2D eigenvalue weighted by Crippen LogP contribution is -2.16. The molecule has 0 unspecified atom stereocenters. The highest BCUT2D eigenvalue weighted by Gasteiger charge is 2.28. The molecule has 31 heavy (non-hydrogen) atoms. The van der Waals surface area contributed by atoms with Crippen molar-refractivity contribution in [3.05, 3.63) is 78.9 Å². The third-order valence-electron chi connectivity index (χ3n) is 3.86. The fraction of sp³-hybridized carbons (Fsp3) is 0.176. The number of hydrogen-bond donors (Lipinski definition) is 2. The first-order valence-electron chi connectivity index (χ1n) is 8.21. The summed E-state index contributed by atoms with van der Waals surface area (Å²) < 4.78 is 4.65. The van der Waals surface area contributed by atoms with Crippen LogP contribution in [0.15, 0.2) is 36.4 Å². The number of nitro groups is 2. The van der Waals surface area contributed by atoms with E-state index in [0.29, 0.717) is 0 Å². The Morgan fingerprint density at radius 2 is 1.58 bits per heavy atom. The van der Waals surface area contributed by atoms with Crippen LogP contribution in [0.25, 0.3) is 0 Å². The molecule has 0 heterocycles. The predicted octanol–water partition coefficient (Wildman–Crippen LogP) is 2.45. The second kappa shape index (κ2) is 10.7. The number of rotatable bonds is 11. The van der Waals surface area contributed by atoms with Crippen molar-refractivity contribution >= 4 is 23.3 Å². The molecule has 164 valence electrons. The number of aromatic carboxylic acids is 1. The average Bonchev–Trinajstić information content (AvgIpc) is 2.73. The van der Waals surface area contributed by atoms with Gasteiger partial charge in [0.05, 0.1) is 21.0 Å². The van der Waals surface area contributed by atoms with E-state index in [2.05, 4.69) is 14.5 Å². The summed E-state index contributed by atoms with van der Waals surface area (Å²) in [5.41, 5.74) is -2.32. The predicted molar refractivity (Wildman–Crippen MR) is 96.7 cm³/mol. The average molecular weight is 438 g/mol. The van der Waals surface area contributed by atoms with Gasteiger partial charge in [-0.25, -0.2) is 19.4 Å². The molecule has 0 saturated carbocycles.